The highest BCUT2D eigenvalue weighted by Gasteiger charge is 2.31. The quantitative estimate of drug-likeness (QED) is 0.735. The Labute approximate surface area is 126 Å². The van der Waals surface area contributed by atoms with Crippen molar-refractivity contribution >= 4 is 10.2 Å². The van der Waals surface area contributed by atoms with Crippen LogP contribution in [0.1, 0.15) is 24.8 Å². The van der Waals surface area contributed by atoms with Gasteiger partial charge in [0.2, 0.25) is 0 Å². The molecule has 1 unspecified atom stereocenters. The van der Waals surface area contributed by atoms with Gasteiger partial charge in [-0.2, -0.15) is 17.8 Å². The van der Waals surface area contributed by atoms with Crippen molar-refractivity contribution in [2.24, 2.45) is 7.05 Å². The molecule has 1 aromatic rings. The van der Waals surface area contributed by atoms with Crippen molar-refractivity contribution in [1.29, 1.82) is 0 Å². The van der Waals surface area contributed by atoms with Crippen molar-refractivity contribution in [2.75, 3.05) is 26.7 Å². The van der Waals surface area contributed by atoms with Crippen molar-refractivity contribution < 1.29 is 8.42 Å². The molecule has 0 aliphatic carbocycles. The maximum Gasteiger partial charge on any atom is 0.279 e. The first kappa shape index (κ1) is 16.4. The lowest BCUT2D eigenvalue weighted by Gasteiger charge is -2.34. The highest BCUT2D eigenvalue weighted by Crippen LogP contribution is 2.19. The Kier molecular flexibility index (Phi) is 5.74. The van der Waals surface area contributed by atoms with Crippen LogP contribution in [-0.4, -0.2) is 55.2 Å². The first-order valence-electron chi connectivity index (χ1n) is 7.41. The van der Waals surface area contributed by atoms with Gasteiger partial charge in [0.1, 0.15) is 0 Å². The van der Waals surface area contributed by atoms with Gasteiger partial charge >= 0.3 is 0 Å². The van der Waals surface area contributed by atoms with Crippen LogP contribution in [0, 0.1) is 0 Å². The molecule has 7 nitrogen and oxygen atoms in total. The number of hydrogen-bond acceptors (Lipinski definition) is 4. The van der Waals surface area contributed by atoms with Crippen LogP contribution in [0.15, 0.2) is 12.4 Å². The van der Waals surface area contributed by atoms with Gasteiger partial charge in [-0.3, -0.25) is 4.68 Å². The first-order chi connectivity index (χ1) is 10.0. The SMILES string of the molecule is CNCC1CCCCN1S(=O)(=O)NCCc1cnn(C)c1. The fourth-order valence-electron chi connectivity index (χ4n) is 2.74. The highest BCUT2D eigenvalue weighted by atomic mass is 32.2. The van der Waals surface area contributed by atoms with Crippen LogP contribution in [0.2, 0.25) is 0 Å². The van der Waals surface area contributed by atoms with Crippen molar-refractivity contribution in [1.82, 2.24) is 24.1 Å². The van der Waals surface area contributed by atoms with E-state index in [1.165, 1.54) is 0 Å². The number of rotatable bonds is 7. The van der Waals surface area contributed by atoms with Gasteiger partial charge in [-0.05, 0) is 31.9 Å². The van der Waals surface area contributed by atoms with Crippen LogP contribution in [0.3, 0.4) is 0 Å². The maximum absolute atomic E-state index is 12.4. The number of piperidine rings is 1. The van der Waals surface area contributed by atoms with Gasteiger partial charge < -0.3 is 5.32 Å². The molecular formula is C13H25N5O2S. The Bertz CT molecular complexity index is 541. The molecule has 0 bridgehead atoms. The molecule has 120 valence electrons. The molecule has 21 heavy (non-hydrogen) atoms. The van der Waals surface area contributed by atoms with E-state index in [1.54, 1.807) is 15.2 Å². The van der Waals surface area contributed by atoms with Gasteiger partial charge in [0, 0.05) is 38.9 Å². The fourth-order valence-corrected chi connectivity index (χ4v) is 4.21. The molecule has 0 spiro atoms. The monoisotopic (exact) mass is 315 g/mol. The molecule has 1 atom stereocenters. The van der Waals surface area contributed by atoms with Crippen molar-refractivity contribution in [3.63, 3.8) is 0 Å². The number of aryl methyl sites for hydroxylation is 1. The van der Waals surface area contributed by atoms with Crippen LogP contribution in [-0.2, 0) is 23.7 Å². The molecule has 0 saturated carbocycles. The van der Waals surface area contributed by atoms with E-state index in [0.717, 1.165) is 24.8 Å². The molecule has 1 saturated heterocycles. The van der Waals surface area contributed by atoms with E-state index in [9.17, 15) is 8.42 Å². The zero-order valence-corrected chi connectivity index (χ0v) is 13.6. The summed E-state index contributed by atoms with van der Waals surface area (Å²) in [6, 6.07) is 0.0552. The molecule has 8 heteroatoms. The lowest BCUT2D eigenvalue weighted by molar-refractivity contribution is 0.246. The predicted octanol–water partition coefficient (Wildman–Crippen LogP) is -0.129. The zero-order valence-electron chi connectivity index (χ0n) is 12.7. The van der Waals surface area contributed by atoms with Gasteiger partial charge in [-0.15, -0.1) is 0 Å². The lowest BCUT2D eigenvalue weighted by Crippen LogP contribution is -2.52. The summed E-state index contributed by atoms with van der Waals surface area (Å²) in [5.74, 6) is 0. The van der Waals surface area contributed by atoms with E-state index >= 15 is 0 Å². The summed E-state index contributed by atoms with van der Waals surface area (Å²) in [5.41, 5.74) is 1.03. The molecule has 1 fully saturated rings. The topological polar surface area (TPSA) is 79.3 Å². The normalized spacial score (nSPS) is 20.8. The van der Waals surface area contributed by atoms with E-state index in [1.807, 2.05) is 20.3 Å². The van der Waals surface area contributed by atoms with Crippen LogP contribution >= 0.6 is 0 Å². The largest absolute Gasteiger partial charge is 0.318 e. The van der Waals surface area contributed by atoms with Crippen molar-refractivity contribution in [2.45, 2.75) is 31.7 Å². The summed E-state index contributed by atoms with van der Waals surface area (Å²) in [7, 11) is 0.305. The van der Waals surface area contributed by atoms with Gasteiger partial charge in [0.25, 0.3) is 10.2 Å². The molecule has 0 aromatic carbocycles. The average Bonchev–Trinajstić information content (AvgIpc) is 2.85. The molecule has 2 rings (SSSR count). The van der Waals surface area contributed by atoms with Crippen molar-refractivity contribution in [3.05, 3.63) is 18.0 Å². The Balaban J connectivity index is 1.90. The number of hydrogen-bond donors (Lipinski definition) is 2. The lowest BCUT2D eigenvalue weighted by atomic mass is 10.1. The molecule has 1 aromatic heterocycles. The van der Waals surface area contributed by atoms with Crippen LogP contribution < -0.4 is 10.0 Å². The third kappa shape index (κ3) is 4.50. The van der Waals surface area contributed by atoms with E-state index in [-0.39, 0.29) is 6.04 Å². The third-order valence-electron chi connectivity index (χ3n) is 3.78. The summed E-state index contributed by atoms with van der Waals surface area (Å²) >= 11 is 0. The van der Waals surface area contributed by atoms with Crippen LogP contribution in [0.25, 0.3) is 0 Å². The van der Waals surface area contributed by atoms with Crippen molar-refractivity contribution in [3.8, 4) is 0 Å². The van der Waals surface area contributed by atoms with Gasteiger partial charge in [0.05, 0.1) is 6.20 Å². The second-order valence-corrected chi connectivity index (χ2v) is 7.20. The van der Waals surface area contributed by atoms with E-state index < -0.39 is 10.2 Å². The Hall–Kier alpha value is -0.960. The molecule has 1 aliphatic heterocycles. The minimum atomic E-state index is -3.40. The molecular weight excluding hydrogens is 290 g/mol. The number of likely N-dealkylation sites (N-methyl/N-ethyl adjacent to an activating group) is 1. The second kappa shape index (κ2) is 7.35. The minimum Gasteiger partial charge on any atom is -0.318 e. The van der Waals surface area contributed by atoms with Gasteiger partial charge in [0.15, 0.2) is 0 Å². The highest BCUT2D eigenvalue weighted by molar-refractivity contribution is 7.87. The standard InChI is InChI=1S/C13H25N5O2S/c1-14-10-13-5-3-4-8-18(13)21(19,20)16-7-6-12-9-15-17(2)11-12/h9,11,13-14,16H,3-8,10H2,1-2H3. The van der Waals surface area contributed by atoms with Gasteiger partial charge in [-0.1, -0.05) is 6.42 Å². The minimum absolute atomic E-state index is 0.0552. The van der Waals surface area contributed by atoms with E-state index in [2.05, 4.69) is 15.1 Å². The van der Waals surface area contributed by atoms with Crippen LogP contribution in [0.5, 0.6) is 0 Å². The van der Waals surface area contributed by atoms with E-state index in [0.29, 0.717) is 26.1 Å². The molecule has 0 radical (unpaired) electrons. The molecule has 2 N–H and O–H groups in total. The number of aromatic nitrogens is 2. The summed E-state index contributed by atoms with van der Waals surface area (Å²) in [6.07, 6.45) is 7.26. The zero-order chi connectivity index (χ0) is 15.3. The molecule has 2 heterocycles. The average molecular weight is 315 g/mol. The second-order valence-electron chi connectivity index (χ2n) is 5.49. The molecule has 0 amide bonds. The van der Waals surface area contributed by atoms with Gasteiger partial charge in [-0.25, -0.2) is 4.72 Å². The van der Waals surface area contributed by atoms with Crippen LogP contribution in [0.4, 0.5) is 0 Å². The Morgan fingerprint density at radius 3 is 2.90 bits per heavy atom. The number of nitrogens with one attached hydrogen (secondary N) is 2. The summed E-state index contributed by atoms with van der Waals surface area (Å²) in [4.78, 5) is 0. The third-order valence-corrected chi connectivity index (χ3v) is 5.45. The smallest absolute Gasteiger partial charge is 0.279 e. The summed E-state index contributed by atoms with van der Waals surface area (Å²) in [6.45, 7) is 1.70. The summed E-state index contributed by atoms with van der Waals surface area (Å²) in [5, 5.41) is 7.16. The Morgan fingerprint density at radius 1 is 1.43 bits per heavy atom. The maximum atomic E-state index is 12.4. The Morgan fingerprint density at radius 2 is 2.24 bits per heavy atom. The first-order valence-corrected chi connectivity index (χ1v) is 8.85. The van der Waals surface area contributed by atoms with E-state index in [4.69, 9.17) is 0 Å². The fraction of sp³-hybridized carbons (Fsp3) is 0.769. The predicted molar refractivity (Wildman–Crippen MR) is 82.1 cm³/mol. The molecule has 1 aliphatic rings. The summed E-state index contributed by atoms with van der Waals surface area (Å²) < 4.78 is 30.9. The number of nitrogens with zero attached hydrogens (tertiary/aromatic N) is 3.